The molecule has 3 amide bonds. The summed E-state index contributed by atoms with van der Waals surface area (Å²) in [6, 6.07) is 15.7. The van der Waals surface area contributed by atoms with Gasteiger partial charge in [0.1, 0.15) is 23.4 Å². The molecule has 0 aliphatic carbocycles. The van der Waals surface area contributed by atoms with E-state index in [1.807, 2.05) is 0 Å². The number of halogens is 4. The third kappa shape index (κ3) is 5.28. The van der Waals surface area contributed by atoms with E-state index < -0.39 is 63.8 Å². The lowest BCUT2D eigenvalue weighted by Gasteiger charge is -2.30. The molecule has 1 saturated heterocycles. The van der Waals surface area contributed by atoms with Gasteiger partial charge in [0.25, 0.3) is 0 Å². The van der Waals surface area contributed by atoms with Gasteiger partial charge in [-0.2, -0.15) is 13.2 Å². The van der Waals surface area contributed by atoms with E-state index in [1.165, 1.54) is 42.0 Å². The standard InChI is InChI=1S/C30H21F4N3O5S2/c1-42-20-11-9-18(10-12-20)35-21(38)14-36-28-25(44-29(36)41)22(15-5-7-17(31)8-6-15)23-24(43-28)27(40)37(26(23)39)19-4-2-3-16(13-19)30(32,33)34/h2-13,22-24H,14H2,1H3,(H,35,38). The molecule has 1 N–H and O–H groups in total. The van der Waals surface area contributed by atoms with Crippen molar-refractivity contribution in [2.24, 2.45) is 5.92 Å². The second-order valence-corrected chi connectivity index (χ2v) is 12.2. The van der Waals surface area contributed by atoms with Crippen molar-refractivity contribution in [2.75, 3.05) is 17.3 Å². The Morgan fingerprint density at radius 1 is 0.977 bits per heavy atom. The zero-order chi connectivity index (χ0) is 31.3. The van der Waals surface area contributed by atoms with Gasteiger partial charge in [0, 0.05) is 16.5 Å². The summed E-state index contributed by atoms with van der Waals surface area (Å²) in [5.74, 6) is -3.98. The number of imide groups is 1. The number of fused-ring (bicyclic) bond motifs is 2. The molecule has 0 radical (unpaired) electrons. The number of carbonyl (C=O) groups excluding carboxylic acids is 3. The van der Waals surface area contributed by atoms with E-state index in [0.717, 1.165) is 46.2 Å². The van der Waals surface area contributed by atoms with Crippen LogP contribution < -0.4 is 19.8 Å². The fraction of sp³-hybridized carbons (Fsp3) is 0.200. The Labute approximate surface area is 255 Å². The SMILES string of the molecule is COc1ccc(NC(=O)Cn2c3c(sc2=O)C(c2ccc(F)cc2)C2C(=O)N(c4cccc(C(F)(F)F)c4)C(=O)C2S3)cc1. The average molecular weight is 644 g/mol. The molecule has 226 valence electrons. The van der Waals surface area contributed by atoms with Crippen LogP contribution in [0.2, 0.25) is 0 Å². The van der Waals surface area contributed by atoms with Crippen molar-refractivity contribution in [3.8, 4) is 5.75 Å². The van der Waals surface area contributed by atoms with E-state index in [0.29, 0.717) is 21.9 Å². The summed E-state index contributed by atoms with van der Waals surface area (Å²) in [6.07, 6.45) is -4.70. The molecule has 3 unspecified atom stereocenters. The second-order valence-electron chi connectivity index (χ2n) is 10.1. The van der Waals surface area contributed by atoms with Gasteiger partial charge in [-0.05, 0) is 60.2 Å². The lowest BCUT2D eigenvalue weighted by molar-refractivity contribution is -0.137. The Kier molecular flexibility index (Phi) is 7.58. The van der Waals surface area contributed by atoms with Crippen LogP contribution in [0.5, 0.6) is 5.75 Å². The molecule has 2 aliphatic heterocycles. The number of amides is 3. The van der Waals surface area contributed by atoms with Crippen molar-refractivity contribution in [3.63, 3.8) is 0 Å². The number of ether oxygens (including phenoxy) is 1. The van der Waals surface area contributed by atoms with Crippen molar-refractivity contribution in [3.05, 3.63) is 104 Å². The second kappa shape index (κ2) is 11.2. The van der Waals surface area contributed by atoms with E-state index in [-0.39, 0.29) is 10.7 Å². The third-order valence-electron chi connectivity index (χ3n) is 7.39. The maximum absolute atomic E-state index is 13.9. The predicted octanol–water partition coefficient (Wildman–Crippen LogP) is 5.51. The number of nitrogens with zero attached hydrogens (tertiary/aromatic N) is 2. The monoisotopic (exact) mass is 643 g/mol. The zero-order valence-electron chi connectivity index (χ0n) is 22.6. The summed E-state index contributed by atoms with van der Waals surface area (Å²) < 4.78 is 60.6. The quantitative estimate of drug-likeness (QED) is 0.220. The van der Waals surface area contributed by atoms with Crippen LogP contribution in [0.25, 0.3) is 0 Å². The molecule has 3 atom stereocenters. The molecule has 44 heavy (non-hydrogen) atoms. The van der Waals surface area contributed by atoms with E-state index in [9.17, 15) is 36.7 Å². The van der Waals surface area contributed by atoms with Crippen molar-refractivity contribution in [2.45, 2.75) is 28.9 Å². The molecule has 3 aromatic carbocycles. The highest BCUT2D eigenvalue weighted by Gasteiger charge is 2.57. The maximum Gasteiger partial charge on any atom is 0.416 e. The van der Waals surface area contributed by atoms with Gasteiger partial charge in [0.15, 0.2) is 0 Å². The molecule has 2 aliphatic rings. The highest BCUT2D eigenvalue weighted by atomic mass is 32.2. The van der Waals surface area contributed by atoms with Crippen LogP contribution in [0, 0.1) is 11.7 Å². The van der Waals surface area contributed by atoms with Crippen molar-refractivity contribution in [1.29, 1.82) is 0 Å². The Morgan fingerprint density at radius 3 is 2.34 bits per heavy atom. The number of nitrogens with one attached hydrogen (secondary N) is 1. The number of alkyl halides is 3. The van der Waals surface area contributed by atoms with Crippen molar-refractivity contribution >= 4 is 52.2 Å². The number of anilines is 2. The summed E-state index contributed by atoms with van der Waals surface area (Å²) >= 11 is 1.72. The normalized spacial score (nSPS) is 19.5. The summed E-state index contributed by atoms with van der Waals surface area (Å²) in [6.45, 7) is -0.406. The van der Waals surface area contributed by atoms with E-state index in [4.69, 9.17) is 4.74 Å². The van der Waals surface area contributed by atoms with Gasteiger partial charge >= 0.3 is 11.0 Å². The van der Waals surface area contributed by atoms with Gasteiger partial charge in [-0.3, -0.25) is 23.7 Å². The summed E-state index contributed by atoms with van der Waals surface area (Å²) in [4.78, 5) is 54.5. The lowest BCUT2D eigenvalue weighted by atomic mass is 9.83. The van der Waals surface area contributed by atoms with Gasteiger partial charge in [-0.15, -0.1) is 0 Å². The summed E-state index contributed by atoms with van der Waals surface area (Å²) in [7, 11) is 1.50. The first kappa shape index (κ1) is 29.6. The molecule has 4 aromatic rings. The number of benzene rings is 3. The molecule has 0 saturated carbocycles. The topological polar surface area (TPSA) is 97.7 Å². The molecule has 14 heteroatoms. The lowest BCUT2D eigenvalue weighted by Crippen LogP contribution is -2.33. The summed E-state index contributed by atoms with van der Waals surface area (Å²) in [5.41, 5.74) is -0.365. The molecule has 1 aromatic heterocycles. The Balaban J connectivity index is 1.39. The zero-order valence-corrected chi connectivity index (χ0v) is 24.3. The molecular weight excluding hydrogens is 622 g/mol. The minimum absolute atomic E-state index is 0.234. The molecule has 0 spiro atoms. The number of thiazole rings is 1. The van der Waals surface area contributed by atoms with Crippen LogP contribution in [0.4, 0.5) is 28.9 Å². The fourth-order valence-electron chi connectivity index (χ4n) is 5.38. The molecule has 0 bridgehead atoms. The number of thioether (sulfide) groups is 1. The molecule has 8 nitrogen and oxygen atoms in total. The Hall–Kier alpha value is -4.43. The van der Waals surface area contributed by atoms with Gasteiger partial charge < -0.3 is 10.1 Å². The maximum atomic E-state index is 13.9. The minimum Gasteiger partial charge on any atom is -0.497 e. The molecular formula is C30H21F4N3O5S2. The van der Waals surface area contributed by atoms with Gasteiger partial charge in [-0.1, -0.05) is 41.3 Å². The number of rotatable bonds is 6. The minimum atomic E-state index is -4.70. The summed E-state index contributed by atoms with van der Waals surface area (Å²) in [5, 5.41) is 1.86. The molecule has 3 heterocycles. The number of hydrogen-bond donors (Lipinski definition) is 1. The number of hydrogen-bond acceptors (Lipinski definition) is 7. The largest absolute Gasteiger partial charge is 0.497 e. The predicted molar refractivity (Wildman–Crippen MR) is 156 cm³/mol. The average Bonchev–Trinajstić information content (AvgIpc) is 3.43. The Morgan fingerprint density at radius 2 is 1.68 bits per heavy atom. The van der Waals surface area contributed by atoms with Crippen LogP contribution in [0.3, 0.4) is 0 Å². The first-order chi connectivity index (χ1) is 21.0. The highest BCUT2D eigenvalue weighted by Crippen LogP contribution is 2.54. The van der Waals surface area contributed by atoms with E-state index in [1.54, 1.807) is 24.3 Å². The number of aromatic nitrogens is 1. The van der Waals surface area contributed by atoms with E-state index >= 15 is 0 Å². The van der Waals surface area contributed by atoms with E-state index in [2.05, 4.69) is 5.32 Å². The van der Waals surface area contributed by atoms with Crippen LogP contribution in [-0.2, 0) is 27.1 Å². The van der Waals surface area contributed by atoms with Crippen molar-refractivity contribution < 1.29 is 36.7 Å². The first-order valence-electron chi connectivity index (χ1n) is 13.1. The first-order valence-corrected chi connectivity index (χ1v) is 14.8. The van der Waals surface area contributed by atoms with Gasteiger partial charge in [0.05, 0.1) is 29.3 Å². The molecule has 6 rings (SSSR count). The van der Waals surface area contributed by atoms with Crippen LogP contribution >= 0.6 is 23.1 Å². The Bertz CT molecular complexity index is 1840. The number of methoxy groups -OCH3 is 1. The van der Waals surface area contributed by atoms with Crippen LogP contribution in [-0.4, -0.2) is 34.6 Å². The van der Waals surface area contributed by atoms with Crippen molar-refractivity contribution in [1.82, 2.24) is 4.57 Å². The fourth-order valence-corrected chi connectivity index (χ4v) is 8.15. The molecule has 1 fully saturated rings. The van der Waals surface area contributed by atoms with Gasteiger partial charge in [-0.25, -0.2) is 9.29 Å². The highest BCUT2D eigenvalue weighted by molar-refractivity contribution is 8.00. The third-order valence-corrected chi connectivity index (χ3v) is 9.99. The van der Waals surface area contributed by atoms with Crippen LogP contribution in [0.15, 0.2) is 82.6 Å². The van der Waals surface area contributed by atoms with Crippen LogP contribution in [0.1, 0.15) is 21.9 Å². The van der Waals surface area contributed by atoms with Gasteiger partial charge in [0.2, 0.25) is 17.7 Å². The smallest absolute Gasteiger partial charge is 0.416 e. The number of carbonyl (C=O) groups is 3.